The van der Waals surface area contributed by atoms with Crippen LogP contribution in [-0.2, 0) is 4.79 Å². The molecule has 1 N–H and O–H groups in total. The van der Waals surface area contributed by atoms with E-state index in [-0.39, 0.29) is 5.91 Å². The van der Waals surface area contributed by atoms with E-state index >= 15 is 0 Å². The van der Waals surface area contributed by atoms with E-state index < -0.39 is 0 Å². The molecule has 0 bridgehead atoms. The third kappa shape index (κ3) is 2.59. The summed E-state index contributed by atoms with van der Waals surface area (Å²) in [6.45, 7) is 1.50. The van der Waals surface area contributed by atoms with E-state index in [2.05, 4.69) is 26.2 Å². The Hall–Kier alpha value is -1.72. The first-order chi connectivity index (χ1) is 9.63. The fraction of sp³-hybridized carbons (Fsp3) is 0.0667. The minimum Gasteiger partial charge on any atom is -0.326 e. The average Bonchev–Trinajstić information content (AvgIpc) is 2.81. The molecule has 1 heterocycles. The maximum atomic E-state index is 11.3. The minimum atomic E-state index is -0.0922. The van der Waals surface area contributed by atoms with E-state index in [9.17, 15) is 4.79 Å². The van der Waals surface area contributed by atoms with Crippen LogP contribution in [0.15, 0.2) is 46.9 Å². The number of rotatable bonds is 2. The van der Waals surface area contributed by atoms with E-state index in [4.69, 9.17) is 0 Å². The highest BCUT2D eigenvalue weighted by Crippen LogP contribution is 2.35. The van der Waals surface area contributed by atoms with Gasteiger partial charge in [0.1, 0.15) is 5.01 Å². The van der Waals surface area contributed by atoms with Crippen LogP contribution in [0.4, 0.5) is 5.69 Å². The summed E-state index contributed by atoms with van der Waals surface area (Å²) < 4.78 is 2.06. The third-order valence-electron chi connectivity index (χ3n) is 2.82. The average molecular weight is 347 g/mol. The van der Waals surface area contributed by atoms with Gasteiger partial charge in [-0.15, -0.1) is 11.3 Å². The lowest BCUT2D eigenvalue weighted by Gasteiger charge is -2.08. The Morgan fingerprint density at radius 2 is 2.05 bits per heavy atom. The number of carbonyl (C=O) groups excluding carboxylic acids is 1. The molecule has 100 valence electrons. The zero-order valence-electron chi connectivity index (χ0n) is 10.7. The van der Waals surface area contributed by atoms with Crippen LogP contribution in [0.3, 0.4) is 0 Å². The second kappa shape index (κ2) is 5.34. The summed E-state index contributed by atoms with van der Waals surface area (Å²) in [5, 5.41) is 3.76. The van der Waals surface area contributed by atoms with Gasteiger partial charge < -0.3 is 5.32 Å². The number of benzene rings is 2. The minimum absolute atomic E-state index is 0.0922. The number of aromatic nitrogens is 1. The second-order valence-corrected chi connectivity index (χ2v) is 6.30. The Balaban J connectivity index is 2.15. The molecule has 0 atom stereocenters. The largest absolute Gasteiger partial charge is 0.326 e. The molecule has 1 amide bonds. The van der Waals surface area contributed by atoms with Crippen molar-refractivity contribution in [1.82, 2.24) is 4.98 Å². The highest BCUT2D eigenvalue weighted by molar-refractivity contribution is 9.10. The van der Waals surface area contributed by atoms with Crippen LogP contribution in [0.1, 0.15) is 6.92 Å². The molecular formula is C15H11BrN2OS. The van der Waals surface area contributed by atoms with Gasteiger partial charge in [-0.2, -0.15) is 0 Å². The van der Waals surface area contributed by atoms with Gasteiger partial charge in [-0.25, -0.2) is 4.98 Å². The number of nitrogens with one attached hydrogen (secondary N) is 1. The predicted molar refractivity (Wildman–Crippen MR) is 87.1 cm³/mol. The van der Waals surface area contributed by atoms with E-state index in [1.54, 1.807) is 11.3 Å². The van der Waals surface area contributed by atoms with Crippen molar-refractivity contribution >= 4 is 49.1 Å². The first kappa shape index (κ1) is 13.3. The molecule has 2 aromatic carbocycles. The molecule has 0 radical (unpaired) electrons. The Kier molecular flexibility index (Phi) is 3.54. The third-order valence-corrected chi connectivity index (χ3v) is 4.38. The normalized spacial score (nSPS) is 10.7. The topological polar surface area (TPSA) is 42.0 Å². The number of halogens is 1. The molecule has 0 spiro atoms. The fourth-order valence-corrected chi connectivity index (χ4v) is 3.35. The summed E-state index contributed by atoms with van der Waals surface area (Å²) in [6, 6.07) is 13.8. The molecule has 0 fully saturated rings. The summed E-state index contributed by atoms with van der Waals surface area (Å²) >= 11 is 5.04. The van der Waals surface area contributed by atoms with Gasteiger partial charge in [-0.3, -0.25) is 4.79 Å². The molecule has 20 heavy (non-hydrogen) atoms. The number of nitrogens with zero attached hydrogens (tertiary/aromatic N) is 1. The van der Waals surface area contributed by atoms with Crippen LogP contribution >= 0.6 is 27.3 Å². The Labute approximate surface area is 128 Å². The van der Waals surface area contributed by atoms with Gasteiger partial charge in [0, 0.05) is 17.0 Å². The lowest BCUT2D eigenvalue weighted by Crippen LogP contribution is -2.06. The number of anilines is 1. The second-order valence-electron chi connectivity index (χ2n) is 4.36. The molecule has 0 aliphatic carbocycles. The number of para-hydroxylation sites is 1. The van der Waals surface area contributed by atoms with Crippen molar-refractivity contribution in [2.45, 2.75) is 6.92 Å². The Morgan fingerprint density at radius 3 is 2.80 bits per heavy atom. The summed E-state index contributed by atoms with van der Waals surface area (Å²) in [4.78, 5) is 16.0. The van der Waals surface area contributed by atoms with Crippen molar-refractivity contribution in [3.8, 4) is 10.6 Å². The van der Waals surface area contributed by atoms with Gasteiger partial charge in [0.15, 0.2) is 0 Å². The van der Waals surface area contributed by atoms with Crippen LogP contribution in [0.2, 0.25) is 0 Å². The fourth-order valence-electron chi connectivity index (χ4n) is 1.98. The van der Waals surface area contributed by atoms with Crippen LogP contribution in [-0.4, -0.2) is 10.9 Å². The van der Waals surface area contributed by atoms with Crippen molar-refractivity contribution < 1.29 is 4.79 Å². The van der Waals surface area contributed by atoms with Crippen molar-refractivity contribution in [2.75, 3.05) is 5.32 Å². The lowest BCUT2D eigenvalue weighted by atomic mass is 10.2. The number of hydrogen-bond acceptors (Lipinski definition) is 3. The first-order valence-electron chi connectivity index (χ1n) is 6.06. The molecule has 0 aliphatic heterocycles. The molecule has 3 aromatic rings. The van der Waals surface area contributed by atoms with Crippen LogP contribution in [0, 0.1) is 0 Å². The van der Waals surface area contributed by atoms with Crippen molar-refractivity contribution in [3.05, 3.63) is 46.9 Å². The number of amides is 1. The Morgan fingerprint density at radius 1 is 1.25 bits per heavy atom. The van der Waals surface area contributed by atoms with Gasteiger partial charge in [0.2, 0.25) is 5.91 Å². The molecule has 3 nitrogen and oxygen atoms in total. The molecule has 0 aliphatic rings. The molecule has 0 saturated carbocycles. The number of thiazole rings is 1. The predicted octanol–water partition coefficient (Wildman–Crippen LogP) is 4.68. The van der Waals surface area contributed by atoms with Crippen molar-refractivity contribution in [1.29, 1.82) is 0 Å². The number of hydrogen-bond donors (Lipinski definition) is 1. The van der Waals surface area contributed by atoms with E-state index in [1.165, 1.54) is 6.92 Å². The highest BCUT2D eigenvalue weighted by Gasteiger charge is 2.11. The first-order valence-corrected chi connectivity index (χ1v) is 7.67. The monoisotopic (exact) mass is 346 g/mol. The van der Waals surface area contributed by atoms with Gasteiger partial charge in [0.05, 0.1) is 15.9 Å². The molecule has 1 aromatic heterocycles. The van der Waals surface area contributed by atoms with Crippen LogP contribution in [0.5, 0.6) is 0 Å². The molecule has 0 saturated heterocycles. The van der Waals surface area contributed by atoms with Crippen molar-refractivity contribution in [3.63, 3.8) is 0 Å². The Bertz CT molecular complexity index is 764. The zero-order chi connectivity index (χ0) is 14.1. The summed E-state index contributed by atoms with van der Waals surface area (Å²) in [5.74, 6) is -0.0922. The van der Waals surface area contributed by atoms with E-state index in [0.717, 1.165) is 30.9 Å². The van der Waals surface area contributed by atoms with Gasteiger partial charge in [-0.05, 0) is 30.3 Å². The molecular weight excluding hydrogens is 336 g/mol. The van der Waals surface area contributed by atoms with E-state index in [0.29, 0.717) is 0 Å². The van der Waals surface area contributed by atoms with Gasteiger partial charge in [0.25, 0.3) is 0 Å². The number of carbonyl (C=O) groups is 1. The van der Waals surface area contributed by atoms with Crippen LogP contribution < -0.4 is 5.32 Å². The maximum Gasteiger partial charge on any atom is 0.221 e. The SMILES string of the molecule is CC(=O)Nc1cc(Br)ccc1-c1nc2ccccc2s1. The van der Waals surface area contributed by atoms with Gasteiger partial charge >= 0.3 is 0 Å². The zero-order valence-corrected chi connectivity index (χ0v) is 13.1. The van der Waals surface area contributed by atoms with Crippen LogP contribution in [0.25, 0.3) is 20.8 Å². The standard InChI is InChI=1S/C15H11BrN2OS/c1-9(19)17-13-8-10(16)6-7-11(13)15-18-12-4-2-3-5-14(12)20-15/h2-8H,1H3,(H,17,19). The molecule has 5 heteroatoms. The van der Waals surface area contributed by atoms with E-state index in [1.807, 2.05) is 42.5 Å². The molecule has 0 unspecified atom stereocenters. The maximum absolute atomic E-state index is 11.3. The summed E-state index contributed by atoms with van der Waals surface area (Å²) in [6.07, 6.45) is 0. The summed E-state index contributed by atoms with van der Waals surface area (Å²) in [7, 11) is 0. The lowest BCUT2D eigenvalue weighted by molar-refractivity contribution is -0.114. The highest BCUT2D eigenvalue weighted by atomic mass is 79.9. The smallest absolute Gasteiger partial charge is 0.221 e. The van der Waals surface area contributed by atoms with Crippen molar-refractivity contribution in [2.24, 2.45) is 0 Å². The number of fused-ring (bicyclic) bond motifs is 1. The van der Waals surface area contributed by atoms with Gasteiger partial charge in [-0.1, -0.05) is 28.1 Å². The quantitative estimate of drug-likeness (QED) is 0.731. The molecule has 3 rings (SSSR count). The summed E-state index contributed by atoms with van der Waals surface area (Å²) in [5.41, 5.74) is 2.68.